The second-order valence-electron chi connectivity index (χ2n) is 6.33. The normalized spacial score (nSPS) is 15.6. The summed E-state index contributed by atoms with van der Waals surface area (Å²) in [6, 6.07) is 18.9. The van der Waals surface area contributed by atoms with Crippen LogP contribution >= 0.6 is 12.2 Å². The minimum atomic E-state index is 0.418. The smallest absolute Gasteiger partial charge is 0.171 e. The molecule has 0 unspecified atom stereocenters. The highest BCUT2D eigenvalue weighted by Gasteiger charge is 2.20. The molecule has 1 fully saturated rings. The maximum atomic E-state index is 5.47. The van der Waals surface area contributed by atoms with E-state index in [1.807, 2.05) is 24.3 Å². The summed E-state index contributed by atoms with van der Waals surface area (Å²) in [4.78, 5) is 2.50. The lowest BCUT2D eigenvalue weighted by atomic mass is 10.0. The van der Waals surface area contributed by atoms with Crippen molar-refractivity contribution in [2.45, 2.75) is 25.4 Å². The molecule has 0 bridgehead atoms. The fourth-order valence-corrected chi connectivity index (χ4v) is 3.45. The monoisotopic (exact) mass is 355 g/mol. The molecule has 0 spiro atoms. The average Bonchev–Trinajstić information content (AvgIpc) is 2.64. The van der Waals surface area contributed by atoms with Gasteiger partial charge in [-0.05, 0) is 42.8 Å². The van der Waals surface area contributed by atoms with Crippen LogP contribution in [0.1, 0.15) is 18.4 Å². The van der Waals surface area contributed by atoms with Gasteiger partial charge in [-0.3, -0.25) is 4.90 Å². The fraction of sp³-hybridized carbons (Fsp3) is 0.350. The Morgan fingerprint density at radius 1 is 1.08 bits per heavy atom. The SMILES string of the molecule is COc1ccccc1NC(=S)NC1CCN(Cc2ccccc2)CC1. The highest BCUT2D eigenvalue weighted by molar-refractivity contribution is 7.80. The van der Waals surface area contributed by atoms with Gasteiger partial charge >= 0.3 is 0 Å². The van der Waals surface area contributed by atoms with Crippen molar-refractivity contribution in [1.29, 1.82) is 0 Å². The third-order valence-corrected chi connectivity index (χ3v) is 4.75. The molecule has 4 nitrogen and oxygen atoms in total. The number of anilines is 1. The predicted octanol–water partition coefficient (Wildman–Crippen LogP) is 3.65. The van der Waals surface area contributed by atoms with Gasteiger partial charge in [-0.15, -0.1) is 0 Å². The van der Waals surface area contributed by atoms with Crippen molar-refractivity contribution in [2.75, 3.05) is 25.5 Å². The Balaban J connectivity index is 1.45. The minimum absolute atomic E-state index is 0.418. The fourth-order valence-electron chi connectivity index (χ4n) is 3.17. The van der Waals surface area contributed by atoms with Gasteiger partial charge < -0.3 is 15.4 Å². The van der Waals surface area contributed by atoms with E-state index in [0.29, 0.717) is 11.2 Å². The minimum Gasteiger partial charge on any atom is -0.495 e. The topological polar surface area (TPSA) is 36.5 Å². The van der Waals surface area contributed by atoms with Crippen molar-refractivity contribution >= 4 is 23.0 Å². The van der Waals surface area contributed by atoms with Crippen LogP contribution in [0, 0.1) is 0 Å². The molecule has 0 aromatic heterocycles. The van der Waals surface area contributed by atoms with Crippen LogP contribution in [0.5, 0.6) is 5.75 Å². The second-order valence-corrected chi connectivity index (χ2v) is 6.74. The lowest BCUT2D eigenvalue weighted by Gasteiger charge is -2.33. The molecule has 2 N–H and O–H groups in total. The zero-order valence-electron chi connectivity index (χ0n) is 14.6. The van der Waals surface area contributed by atoms with Crippen LogP contribution in [-0.4, -0.2) is 36.3 Å². The maximum Gasteiger partial charge on any atom is 0.171 e. The number of piperidine rings is 1. The number of para-hydroxylation sites is 2. The van der Waals surface area contributed by atoms with Crippen molar-refractivity contribution in [1.82, 2.24) is 10.2 Å². The summed E-state index contributed by atoms with van der Waals surface area (Å²) in [5.41, 5.74) is 2.27. The van der Waals surface area contributed by atoms with Crippen LogP contribution in [-0.2, 0) is 6.54 Å². The molecule has 5 heteroatoms. The van der Waals surface area contributed by atoms with Crippen LogP contribution in [0.25, 0.3) is 0 Å². The number of benzene rings is 2. The van der Waals surface area contributed by atoms with Gasteiger partial charge in [-0.1, -0.05) is 42.5 Å². The Labute approximate surface area is 155 Å². The molecule has 1 heterocycles. The lowest BCUT2D eigenvalue weighted by molar-refractivity contribution is 0.199. The number of hydrogen-bond donors (Lipinski definition) is 2. The van der Waals surface area contributed by atoms with Gasteiger partial charge in [0.1, 0.15) is 5.75 Å². The molecular weight excluding hydrogens is 330 g/mol. The first-order chi connectivity index (χ1) is 12.2. The molecule has 3 rings (SSSR count). The van der Waals surface area contributed by atoms with E-state index < -0.39 is 0 Å². The molecule has 1 aliphatic heterocycles. The summed E-state index contributed by atoms with van der Waals surface area (Å²) >= 11 is 5.47. The van der Waals surface area contributed by atoms with E-state index in [1.54, 1.807) is 7.11 Å². The summed E-state index contributed by atoms with van der Waals surface area (Å²) < 4.78 is 5.35. The molecule has 2 aromatic rings. The van der Waals surface area contributed by atoms with Crippen molar-refractivity contribution in [3.8, 4) is 5.75 Å². The average molecular weight is 356 g/mol. The van der Waals surface area contributed by atoms with Crippen LogP contribution in [0.4, 0.5) is 5.69 Å². The van der Waals surface area contributed by atoms with Crippen LogP contribution in [0.15, 0.2) is 54.6 Å². The molecule has 1 aliphatic rings. The van der Waals surface area contributed by atoms with Crippen molar-refractivity contribution in [3.05, 3.63) is 60.2 Å². The van der Waals surface area contributed by atoms with E-state index in [2.05, 4.69) is 45.9 Å². The third kappa shape index (κ3) is 5.18. The van der Waals surface area contributed by atoms with Gasteiger partial charge in [-0.25, -0.2) is 0 Å². The Kier molecular flexibility index (Phi) is 6.25. The van der Waals surface area contributed by atoms with Gasteiger partial charge in [0, 0.05) is 25.7 Å². The molecule has 1 saturated heterocycles. The standard InChI is InChI=1S/C20H25N3OS/c1-24-19-10-6-5-9-18(19)22-20(25)21-17-11-13-23(14-12-17)15-16-7-3-2-4-8-16/h2-10,17H,11-15H2,1H3,(H2,21,22,25). The molecule has 132 valence electrons. The van der Waals surface area contributed by atoms with E-state index in [1.165, 1.54) is 5.56 Å². The first kappa shape index (κ1) is 17.7. The number of nitrogens with zero attached hydrogens (tertiary/aromatic N) is 1. The summed E-state index contributed by atoms with van der Waals surface area (Å²) in [5.74, 6) is 0.796. The Hall–Kier alpha value is -2.11. The quantitative estimate of drug-likeness (QED) is 0.801. The van der Waals surface area contributed by atoms with Crippen LogP contribution < -0.4 is 15.4 Å². The summed E-state index contributed by atoms with van der Waals surface area (Å²) in [5, 5.41) is 7.34. The van der Waals surface area contributed by atoms with E-state index in [-0.39, 0.29) is 0 Å². The van der Waals surface area contributed by atoms with E-state index in [4.69, 9.17) is 17.0 Å². The van der Waals surface area contributed by atoms with Gasteiger partial charge in [0.05, 0.1) is 12.8 Å². The Morgan fingerprint density at radius 3 is 2.48 bits per heavy atom. The van der Waals surface area contributed by atoms with E-state index in [0.717, 1.165) is 43.9 Å². The zero-order valence-corrected chi connectivity index (χ0v) is 15.4. The van der Waals surface area contributed by atoms with Gasteiger partial charge in [0.25, 0.3) is 0 Å². The Bertz CT molecular complexity index is 684. The lowest BCUT2D eigenvalue weighted by Crippen LogP contribution is -2.45. The molecule has 0 amide bonds. The molecule has 0 radical (unpaired) electrons. The highest BCUT2D eigenvalue weighted by atomic mass is 32.1. The van der Waals surface area contributed by atoms with Crippen molar-refractivity contribution in [2.24, 2.45) is 0 Å². The van der Waals surface area contributed by atoms with Gasteiger partial charge in [0.2, 0.25) is 0 Å². The van der Waals surface area contributed by atoms with Crippen LogP contribution in [0.2, 0.25) is 0 Å². The van der Waals surface area contributed by atoms with Gasteiger partial charge in [0.15, 0.2) is 5.11 Å². The summed E-state index contributed by atoms with van der Waals surface area (Å²) in [7, 11) is 1.67. The van der Waals surface area contributed by atoms with E-state index in [9.17, 15) is 0 Å². The van der Waals surface area contributed by atoms with Crippen LogP contribution in [0.3, 0.4) is 0 Å². The Morgan fingerprint density at radius 2 is 1.76 bits per heavy atom. The molecule has 25 heavy (non-hydrogen) atoms. The molecular formula is C20H25N3OS. The summed E-state index contributed by atoms with van der Waals surface area (Å²) in [6.07, 6.45) is 2.20. The third-order valence-electron chi connectivity index (χ3n) is 4.53. The number of likely N-dealkylation sites (tertiary alicyclic amines) is 1. The van der Waals surface area contributed by atoms with Gasteiger partial charge in [-0.2, -0.15) is 0 Å². The van der Waals surface area contributed by atoms with E-state index >= 15 is 0 Å². The zero-order chi connectivity index (χ0) is 17.5. The first-order valence-electron chi connectivity index (χ1n) is 8.71. The number of hydrogen-bond acceptors (Lipinski definition) is 3. The molecule has 0 saturated carbocycles. The molecule has 2 aromatic carbocycles. The number of thiocarbonyl (C=S) groups is 1. The number of ether oxygens (including phenoxy) is 1. The number of rotatable bonds is 5. The molecule has 0 atom stereocenters. The number of methoxy groups -OCH3 is 1. The second kappa shape index (κ2) is 8.83. The molecule has 0 aliphatic carbocycles. The number of nitrogens with one attached hydrogen (secondary N) is 2. The largest absolute Gasteiger partial charge is 0.495 e. The maximum absolute atomic E-state index is 5.47. The van der Waals surface area contributed by atoms with Crippen molar-refractivity contribution < 1.29 is 4.74 Å². The predicted molar refractivity (Wildman–Crippen MR) is 107 cm³/mol. The van der Waals surface area contributed by atoms with Crippen molar-refractivity contribution in [3.63, 3.8) is 0 Å². The first-order valence-corrected chi connectivity index (χ1v) is 9.12. The summed E-state index contributed by atoms with van der Waals surface area (Å²) in [6.45, 7) is 3.20. The highest BCUT2D eigenvalue weighted by Crippen LogP contribution is 2.23.